The molecular formula is C20H38N4O3. The first-order valence-electron chi connectivity index (χ1n) is 10.8. The van der Waals surface area contributed by atoms with Gasteiger partial charge in [-0.25, -0.2) is 0 Å². The van der Waals surface area contributed by atoms with E-state index in [-0.39, 0.29) is 5.54 Å². The van der Waals surface area contributed by atoms with E-state index in [0.717, 1.165) is 45.4 Å². The van der Waals surface area contributed by atoms with Gasteiger partial charge in [0, 0.05) is 57.8 Å². The standard InChI is InChI=1S/C20H38N4O3/c1-2-21-18(23-17-20(25)8-12-26-13-9-20)22-16-19(6-4-3-5-7-19)24-10-14-27-15-11-24/h25H,2-17H2,1H3,(H2,21,22,23). The van der Waals surface area contributed by atoms with Crippen LogP contribution in [0, 0.1) is 0 Å². The lowest BCUT2D eigenvalue weighted by Gasteiger charge is -2.47. The van der Waals surface area contributed by atoms with Crippen LogP contribution in [-0.4, -0.2) is 86.3 Å². The predicted molar refractivity (Wildman–Crippen MR) is 107 cm³/mol. The second kappa shape index (κ2) is 10.0. The van der Waals surface area contributed by atoms with Gasteiger partial charge in [-0.2, -0.15) is 0 Å². The van der Waals surface area contributed by atoms with Gasteiger partial charge >= 0.3 is 0 Å². The largest absolute Gasteiger partial charge is 0.388 e. The third-order valence-electron chi connectivity index (χ3n) is 6.35. The van der Waals surface area contributed by atoms with Gasteiger partial charge in [-0.05, 0) is 19.8 Å². The van der Waals surface area contributed by atoms with Gasteiger partial charge in [0.2, 0.25) is 0 Å². The fourth-order valence-corrected chi connectivity index (χ4v) is 4.57. The molecular weight excluding hydrogens is 344 g/mol. The van der Waals surface area contributed by atoms with Crippen LogP contribution in [0.5, 0.6) is 0 Å². The number of nitrogens with zero attached hydrogens (tertiary/aromatic N) is 2. The summed E-state index contributed by atoms with van der Waals surface area (Å²) in [4.78, 5) is 7.59. The average molecular weight is 383 g/mol. The van der Waals surface area contributed by atoms with Crippen LogP contribution in [0.25, 0.3) is 0 Å². The van der Waals surface area contributed by atoms with E-state index in [9.17, 15) is 5.11 Å². The molecule has 2 heterocycles. The van der Waals surface area contributed by atoms with Crippen LogP contribution in [0.3, 0.4) is 0 Å². The summed E-state index contributed by atoms with van der Waals surface area (Å²) < 4.78 is 11.0. The third-order valence-corrected chi connectivity index (χ3v) is 6.35. The monoisotopic (exact) mass is 382 g/mol. The quantitative estimate of drug-likeness (QED) is 0.472. The molecule has 7 heteroatoms. The van der Waals surface area contributed by atoms with E-state index in [1.807, 2.05) is 0 Å². The zero-order valence-electron chi connectivity index (χ0n) is 17.0. The molecule has 1 saturated carbocycles. The third kappa shape index (κ3) is 5.79. The van der Waals surface area contributed by atoms with E-state index < -0.39 is 5.60 Å². The SMILES string of the molecule is CCNC(=NCC1(N2CCOCC2)CCCCC1)NCC1(O)CCOCC1. The van der Waals surface area contributed by atoms with Gasteiger partial charge in [-0.1, -0.05) is 19.3 Å². The Bertz CT molecular complexity index is 468. The number of aliphatic imine (C=N–C) groups is 1. The highest BCUT2D eigenvalue weighted by atomic mass is 16.5. The van der Waals surface area contributed by atoms with E-state index in [0.29, 0.717) is 32.6 Å². The Morgan fingerprint density at radius 2 is 1.63 bits per heavy atom. The second-order valence-corrected chi connectivity index (χ2v) is 8.27. The number of guanidine groups is 1. The maximum absolute atomic E-state index is 10.7. The summed E-state index contributed by atoms with van der Waals surface area (Å²) in [5.41, 5.74) is -0.527. The fourth-order valence-electron chi connectivity index (χ4n) is 4.57. The van der Waals surface area contributed by atoms with E-state index in [2.05, 4.69) is 22.5 Å². The molecule has 156 valence electrons. The number of morpholine rings is 1. The predicted octanol–water partition coefficient (Wildman–Crippen LogP) is 1.12. The first kappa shape index (κ1) is 20.8. The van der Waals surface area contributed by atoms with Gasteiger partial charge < -0.3 is 25.2 Å². The second-order valence-electron chi connectivity index (χ2n) is 8.27. The van der Waals surface area contributed by atoms with Gasteiger partial charge in [0.15, 0.2) is 5.96 Å². The summed E-state index contributed by atoms with van der Waals surface area (Å²) in [6.07, 6.45) is 7.71. The Morgan fingerprint density at radius 1 is 0.963 bits per heavy atom. The number of hydrogen-bond acceptors (Lipinski definition) is 5. The van der Waals surface area contributed by atoms with Crippen LogP contribution in [0.1, 0.15) is 51.9 Å². The highest BCUT2D eigenvalue weighted by molar-refractivity contribution is 5.79. The Balaban J connectivity index is 1.63. The maximum atomic E-state index is 10.7. The maximum Gasteiger partial charge on any atom is 0.191 e. The van der Waals surface area contributed by atoms with Crippen LogP contribution >= 0.6 is 0 Å². The number of ether oxygens (including phenoxy) is 2. The fraction of sp³-hybridized carbons (Fsp3) is 0.950. The van der Waals surface area contributed by atoms with Crippen molar-refractivity contribution in [1.82, 2.24) is 15.5 Å². The summed E-state index contributed by atoms with van der Waals surface area (Å²) in [6.45, 7) is 9.18. The molecule has 3 N–H and O–H groups in total. The zero-order valence-corrected chi connectivity index (χ0v) is 17.0. The molecule has 0 spiro atoms. The molecule has 3 fully saturated rings. The molecule has 1 aliphatic carbocycles. The summed E-state index contributed by atoms with van der Waals surface area (Å²) in [5.74, 6) is 0.815. The molecule has 2 saturated heterocycles. The van der Waals surface area contributed by atoms with Crippen molar-refractivity contribution in [2.45, 2.75) is 63.0 Å². The van der Waals surface area contributed by atoms with Crippen molar-refractivity contribution in [3.8, 4) is 0 Å². The lowest BCUT2D eigenvalue weighted by molar-refractivity contribution is -0.0594. The minimum absolute atomic E-state index is 0.167. The highest BCUT2D eigenvalue weighted by Crippen LogP contribution is 2.34. The molecule has 2 aliphatic heterocycles. The molecule has 7 nitrogen and oxygen atoms in total. The Morgan fingerprint density at radius 3 is 2.30 bits per heavy atom. The smallest absolute Gasteiger partial charge is 0.191 e. The van der Waals surface area contributed by atoms with Crippen molar-refractivity contribution in [3.63, 3.8) is 0 Å². The molecule has 27 heavy (non-hydrogen) atoms. The Hall–Kier alpha value is -0.890. The average Bonchev–Trinajstić information content (AvgIpc) is 2.72. The first-order chi connectivity index (χ1) is 13.2. The summed E-state index contributed by atoms with van der Waals surface area (Å²) >= 11 is 0. The summed E-state index contributed by atoms with van der Waals surface area (Å²) in [7, 11) is 0. The molecule has 0 unspecified atom stereocenters. The normalized spacial score (nSPS) is 26.5. The minimum atomic E-state index is -0.693. The van der Waals surface area contributed by atoms with Crippen molar-refractivity contribution in [3.05, 3.63) is 0 Å². The molecule has 0 aromatic heterocycles. The van der Waals surface area contributed by atoms with Crippen molar-refractivity contribution in [1.29, 1.82) is 0 Å². The van der Waals surface area contributed by atoms with E-state index in [1.165, 1.54) is 32.1 Å². The molecule has 0 radical (unpaired) electrons. The Labute approximate surface area is 163 Å². The van der Waals surface area contributed by atoms with Gasteiger partial charge in [0.05, 0.1) is 25.4 Å². The van der Waals surface area contributed by atoms with Crippen molar-refractivity contribution in [2.75, 3.05) is 59.2 Å². The topological polar surface area (TPSA) is 78.4 Å². The van der Waals surface area contributed by atoms with Crippen molar-refractivity contribution in [2.24, 2.45) is 4.99 Å². The molecule has 3 rings (SSSR count). The molecule has 0 aromatic rings. The first-order valence-corrected chi connectivity index (χ1v) is 10.8. The minimum Gasteiger partial charge on any atom is -0.388 e. The Kier molecular flexibility index (Phi) is 7.75. The van der Waals surface area contributed by atoms with Crippen LogP contribution < -0.4 is 10.6 Å². The van der Waals surface area contributed by atoms with Crippen molar-refractivity contribution < 1.29 is 14.6 Å². The number of rotatable bonds is 6. The van der Waals surface area contributed by atoms with Gasteiger partial charge in [0.25, 0.3) is 0 Å². The van der Waals surface area contributed by atoms with Crippen LogP contribution in [0.4, 0.5) is 0 Å². The molecule has 0 aromatic carbocycles. The van der Waals surface area contributed by atoms with Crippen LogP contribution in [-0.2, 0) is 9.47 Å². The highest BCUT2D eigenvalue weighted by Gasteiger charge is 2.38. The van der Waals surface area contributed by atoms with Gasteiger partial charge in [-0.15, -0.1) is 0 Å². The number of nitrogens with one attached hydrogen (secondary N) is 2. The molecule has 0 bridgehead atoms. The van der Waals surface area contributed by atoms with Crippen LogP contribution in [0.2, 0.25) is 0 Å². The van der Waals surface area contributed by atoms with Crippen molar-refractivity contribution >= 4 is 5.96 Å². The van der Waals surface area contributed by atoms with Gasteiger partial charge in [-0.3, -0.25) is 9.89 Å². The van der Waals surface area contributed by atoms with E-state index >= 15 is 0 Å². The van der Waals surface area contributed by atoms with Gasteiger partial charge in [0.1, 0.15) is 0 Å². The van der Waals surface area contributed by atoms with Crippen LogP contribution in [0.15, 0.2) is 4.99 Å². The lowest BCUT2D eigenvalue weighted by atomic mass is 9.80. The zero-order chi connectivity index (χ0) is 19.0. The number of hydrogen-bond donors (Lipinski definition) is 3. The summed E-state index contributed by atoms with van der Waals surface area (Å²) in [5, 5.41) is 17.4. The summed E-state index contributed by atoms with van der Waals surface area (Å²) in [6, 6.07) is 0. The van der Waals surface area contributed by atoms with E-state index in [4.69, 9.17) is 14.5 Å². The molecule has 3 aliphatic rings. The lowest BCUT2D eigenvalue weighted by Crippen LogP contribution is -2.57. The molecule has 0 atom stereocenters. The molecule has 0 amide bonds. The number of aliphatic hydroxyl groups is 1. The van der Waals surface area contributed by atoms with E-state index in [1.54, 1.807) is 0 Å².